The highest BCUT2D eigenvalue weighted by Crippen LogP contribution is 2.21. The van der Waals surface area contributed by atoms with Crippen molar-refractivity contribution in [3.63, 3.8) is 0 Å². The summed E-state index contributed by atoms with van der Waals surface area (Å²) in [6, 6.07) is 6.67. The van der Waals surface area contributed by atoms with Gasteiger partial charge in [-0.25, -0.2) is 4.79 Å². The molecule has 0 spiro atoms. The van der Waals surface area contributed by atoms with Gasteiger partial charge in [0.2, 0.25) is 11.6 Å². The Morgan fingerprint density at radius 2 is 1.97 bits per heavy atom. The Hall–Kier alpha value is -3.49. The number of amides is 1. The number of hydrogen-bond donors (Lipinski definition) is 1. The molecule has 2 heterocycles. The van der Waals surface area contributed by atoms with E-state index in [0.29, 0.717) is 12.1 Å². The number of fused-ring (bicyclic) bond motifs is 1. The number of rotatable bonds is 7. The van der Waals surface area contributed by atoms with Crippen LogP contribution < -0.4 is 10.9 Å². The third-order valence-corrected chi connectivity index (χ3v) is 4.84. The highest BCUT2D eigenvalue weighted by atomic mass is 16.5. The second kappa shape index (κ2) is 8.89. The number of carbonyl (C=O) groups is 2. The Balaban J connectivity index is 2.06. The van der Waals surface area contributed by atoms with E-state index in [2.05, 4.69) is 15.5 Å². The van der Waals surface area contributed by atoms with Gasteiger partial charge in [-0.05, 0) is 38.3 Å². The predicted octanol–water partition coefficient (Wildman–Crippen LogP) is 3.02. The maximum atomic E-state index is 13.3. The van der Waals surface area contributed by atoms with E-state index in [4.69, 9.17) is 9.26 Å². The molecule has 3 aromatic rings. The van der Waals surface area contributed by atoms with Gasteiger partial charge in [0.1, 0.15) is 17.3 Å². The normalized spacial score (nSPS) is 12.0. The Labute approximate surface area is 173 Å². The van der Waals surface area contributed by atoms with Crippen LogP contribution in [0.1, 0.15) is 55.1 Å². The molecule has 1 amide bonds. The van der Waals surface area contributed by atoms with Gasteiger partial charge in [-0.15, -0.1) is 0 Å². The maximum Gasteiger partial charge on any atom is 0.361 e. The van der Waals surface area contributed by atoms with Crippen LogP contribution in [-0.4, -0.2) is 33.2 Å². The first-order valence-electron chi connectivity index (χ1n) is 9.87. The molecule has 0 aliphatic rings. The predicted molar refractivity (Wildman–Crippen MR) is 111 cm³/mol. The van der Waals surface area contributed by atoms with Crippen molar-refractivity contribution in [2.75, 3.05) is 11.9 Å². The average Bonchev–Trinajstić information content (AvgIpc) is 3.15. The fraction of sp³-hybridized carbons (Fsp3) is 0.381. The van der Waals surface area contributed by atoms with Crippen LogP contribution in [0.3, 0.4) is 0 Å². The lowest BCUT2D eigenvalue weighted by molar-refractivity contribution is -0.119. The first-order chi connectivity index (χ1) is 14.4. The van der Waals surface area contributed by atoms with E-state index in [1.54, 1.807) is 20.8 Å². The van der Waals surface area contributed by atoms with E-state index in [9.17, 15) is 14.4 Å². The first kappa shape index (κ1) is 21.2. The minimum atomic E-state index is -0.829. The van der Waals surface area contributed by atoms with Gasteiger partial charge in [0, 0.05) is 5.69 Å². The molecular formula is C21H24N4O5. The van der Waals surface area contributed by atoms with Crippen molar-refractivity contribution in [3.05, 3.63) is 51.7 Å². The fourth-order valence-corrected chi connectivity index (χ4v) is 3.38. The standard InChI is InChI=1S/C21H24N4O5/c1-5-13-10-8-9-11-14(13)23-18(26)15(6-2)25-12(4)22-19-16(20(25)27)17(24-30-19)21(28)29-7-3/h8-11,15H,5-7H2,1-4H3,(H,23,26). The zero-order chi connectivity index (χ0) is 21.8. The van der Waals surface area contributed by atoms with Crippen molar-refractivity contribution < 1.29 is 18.8 Å². The molecule has 30 heavy (non-hydrogen) atoms. The summed E-state index contributed by atoms with van der Waals surface area (Å²) in [5.74, 6) is -0.844. The van der Waals surface area contributed by atoms with Crippen LogP contribution in [0.5, 0.6) is 0 Å². The van der Waals surface area contributed by atoms with Crippen LogP contribution in [0.4, 0.5) is 5.69 Å². The van der Waals surface area contributed by atoms with Gasteiger partial charge in [0.05, 0.1) is 6.61 Å². The quantitative estimate of drug-likeness (QED) is 0.593. The number of nitrogens with zero attached hydrogens (tertiary/aromatic N) is 3. The van der Waals surface area contributed by atoms with Crippen molar-refractivity contribution in [2.24, 2.45) is 0 Å². The fourth-order valence-electron chi connectivity index (χ4n) is 3.38. The minimum Gasteiger partial charge on any atom is -0.461 e. The molecule has 0 aliphatic carbocycles. The molecule has 1 unspecified atom stereocenters. The molecule has 3 rings (SSSR count). The van der Waals surface area contributed by atoms with Crippen molar-refractivity contribution in [2.45, 2.75) is 46.6 Å². The largest absolute Gasteiger partial charge is 0.461 e. The Kier molecular flexibility index (Phi) is 6.29. The summed E-state index contributed by atoms with van der Waals surface area (Å²) in [6.07, 6.45) is 1.09. The molecular weight excluding hydrogens is 388 g/mol. The molecule has 0 aliphatic heterocycles. The zero-order valence-corrected chi connectivity index (χ0v) is 17.4. The Morgan fingerprint density at radius 1 is 1.23 bits per heavy atom. The Morgan fingerprint density at radius 3 is 2.63 bits per heavy atom. The van der Waals surface area contributed by atoms with Crippen LogP contribution >= 0.6 is 0 Å². The summed E-state index contributed by atoms with van der Waals surface area (Å²) in [5.41, 5.74) is 0.794. The molecule has 0 saturated carbocycles. The molecule has 0 radical (unpaired) electrons. The van der Waals surface area contributed by atoms with Crippen molar-refractivity contribution in [1.29, 1.82) is 0 Å². The van der Waals surface area contributed by atoms with Gasteiger partial charge in [0.15, 0.2) is 0 Å². The first-order valence-corrected chi connectivity index (χ1v) is 9.87. The number of nitrogens with one attached hydrogen (secondary N) is 1. The van der Waals surface area contributed by atoms with Crippen molar-refractivity contribution in [3.8, 4) is 0 Å². The van der Waals surface area contributed by atoms with Gasteiger partial charge in [-0.3, -0.25) is 14.2 Å². The van der Waals surface area contributed by atoms with E-state index >= 15 is 0 Å². The van der Waals surface area contributed by atoms with Gasteiger partial charge in [-0.2, -0.15) is 4.98 Å². The lowest BCUT2D eigenvalue weighted by Crippen LogP contribution is -2.35. The minimum absolute atomic E-state index is 0.0663. The van der Waals surface area contributed by atoms with E-state index in [1.807, 2.05) is 31.2 Å². The lowest BCUT2D eigenvalue weighted by atomic mass is 10.1. The topological polar surface area (TPSA) is 116 Å². The van der Waals surface area contributed by atoms with Gasteiger partial charge >= 0.3 is 5.97 Å². The summed E-state index contributed by atoms with van der Waals surface area (Å²) in [6.45, 7) is 7.16. The summed E-state index contributed by atoms with van der Waals surface area (Å²) in [5, 5.41) is 6.46. The van der Waals surface area contributed by atoms with E-state index in [0.717, 1.165) is 12.0 Å². The molecule has 1 aromatic carbocycles. The number of aryl methyl sites for hydroxylation is 2. The zero-order valence-electron chi connectivity index (χ0n) is 17.4. The molecule has 0 saturated heterocycles. The molecule has 0 fully saturated rings. The molecule has 9 nitrogen and oxygen atoms in total. The SMILES string of the molecule is CCOC(=O)c1noc2nc(C)n(C(CC)C(=O)Nc3ccccc3CC)c(=O)c12. The summed E-state index contributed by atoms with van der Waals surface area (Å²) < 4.78 is 11.3. The molecule has 0 bridgehead atoms. The van der Waals surface area contributed by atoms with E-state index < -0.39 is 17.6 Å². The van der Waals surface area contributed by atoms with Crippen molar-refractivity contribution in [1.82, 2.24) is 14.7 Å². The van der Waals surface area contributed by atoms with E-state index in [-0.39, 0.29) is 35.1 Å². The monoisotopic (exact) mass is 412 g/mol. The number of esters is 1. The third-order valence-electron chi connectivity index (χ3n) is 4.84. The lowest BCUT2D eigenvalue weighted by Gasteiger charge is -2.20. The number of hydrogen-bond acceptors (Lipinski definition) is 7. The van der Waals surface area contributed by atoms with Crippen molar-refractivity contribution >= 4 is 28.7 Å². The maximum absolute atomic E-state index is 13.3. The Bertz CT molecular complexity index is 1150. The summed E-state index contributed by atoms with van der Waals surface area (Å²) in [4.78, 5) is 42.7. The van der Waals surface area contributed by atoms with Gasteiger partial charge in [-0.1, -0.05) is 37.2 Å². The van der Waals surface area contributed by atoms with Crippen LogP contribution in [0.25, 0.3) is 11.1 Å². The number of ether oxygens (including phenoxy) is 1. The second-order valence-electron chi connectivity index (χ2n) is 6.69. The molecule has 2 aromatic heterocycles. The van der Waals surface area contributed by atoms with Crippen LogP contribution in [0, 0.1) is 6.92 Å². The molecule has 158 valence electrons. The summed E-state index contributed by atoms with van der Waals surface area (Å²) >= 11 is 0. The highest BCUT2D eigenvalue weighted by molar-refractivity contribution is 6.00. The summed E-state index contributed by atoms with van der Waals surface area (Å²) in [7, 11) is 0. The number of para-hydroxylation sites is 1. The van der Waals surface area contributed by atoms with Gasteiger partial charge < -0.3 is 14.6 Å². The molecule has 1 N–H and O–H groups in total. The smallest absolute Gasteiger partial charge is 0.361 e. The molecule has 1 atom stereocenters. The number of carbonyl (C=O) groups excluding carboxylic acids is 2. The number of benzene rings is 1. The third kappa shape index (κ3) is 3.83. The number of anilines is 1. The average molecular weight is 412 g/mol. The van der Waals surface area contributed by atoms with Crippen LogP contribution in [0.15, 0.2) is 33.6 Å². The molecule has 9 heteroatoms. The van der Waals surface area contributed by atoms with Gasteiger partial charge in [0.25, 0.3) is 11.3 Å². The van der Waals surface area contributed by atoms with Crippen LogP contribution in [0.2, 0.25) is 0 Å². The number of aromatic nitrogens is 3. The highest BCUT2D eigenvalue weighted by Gasteiger charge is 2.28. The van der Waals surface area contributed by atoms with E-state index in [1.165, 1.54) is 4.57 Å². The van der Waals surface area contributed by atoms with Crippen LogP contribution in [-0.2, 0) is 16.0 Å². The second-order valence-corrected chi connectivity index (χ2v) is 6.69.